The molecule has 3 aliphatic rings. The van der Waals surface area contributed by atoms with Gasteiger partial charge in [0, 0.05) is 62.0 Å². The lowest BCUT2D eigenvalue weighted by Crippen LogP contribution is -2.51. The largest absolute Gasteiger partial charge is 0.480 e. The fraction of sp³-hybridized carbons (Fsp3) is 0.484. The first-order valence-electron chi connectivity index (χ1n) is 15.3. The van der Waals surface area contributed by atoms with Crippen molar-refractivity contribution in [3.05, 3.63) is 59.7 Å². The first-order chi connectivity index (χ1) is 22.5. The molecular weight excluding hydrogens is 669 g/mol. The van der Waals surface area contributed by atoms with Gasteiger partial charge in [0.25, 0.3) is 0 Å². The standard InChI is InChI=1S/C31H38N4O9S3/c1-21-2-8-25(9-3-21)47(41,42)35-20-24(44-31(40)34-12-16-46-17-13-34)19-27(35)28(36)32-26(29(37)38)18-22-4-6-23(7-5-22)43-30(39)33-10-14-45-15-11-33/h2-9,24,26-27H,10-20H2,1H3,(H,32,36)(H,37,38)/t24?,26-,27-/m0/s1. The van der Waals surface area contributed by atoms with Crippen LogP contribution in [0.5, 0.6) is 5.75 Å². The lowest BCUT2D eigenvalue weighted by atomic mass is 10.0. The first-order valence-corrected chi connectivity index (χ1v) is 19.0. The average molecular weight is 707 g/mol. The number of carbonyl (C=O) groups is 4. The van der Waals surface area contributed by atoms with E-state index in [9.17, 15) is 32.7 Å². The van der Waals surface area contributed by atoms with Gasteiger partial charge in [-0.2, -0.15) is 27.8 Å². The summed E-state index contributed by atoms with van der Waals surface area (Å²) < 4.78 is 39.6. The predicted molar refractivity (Wildman–Crippen MR) is 177 cm³/mol. The van der Waals surface area contributed by atoms with Gasteiger partial charge in [-0.15, -0.1) is 0 Å². The van der Waals surface area contributed by atoms with Crippen LogP contribution in [0.3, 0.4) is 0 Å². The predicted octanol–water partition coefficient (Wildman–Crippen LogP) is 2.67. The van der Waals surface area contributed by atoms with Gasteiger partial charge in [0.1, 0.15) is 23.9 Å². The molecule has 0 bridgehead atoms. The molecule has 3 amide bonds. The second-order valence-corrected chi connectivity index (χ2v) is 15.8. The van der Waals surface area contributed by atoms with E-state index in [2.05, 4.69) is 5.32 Å². The summed E-state index contributed by atoms with van der Waals surface area (Å²) in [6.07, 6.45) is -2.17. The van der Waals surface area contributed by atoms with Gasteiger partial charge in [-0.1, -0.05) is 29.8 Å². The van der Waals surface area contributed by atoms with Crippen LogP contribution in [0, 0.1) is 6.92 Å². The highest BCUT2D eigenvalue weighted by atomic mass is 32.2. The van der Waals surface area contributed by atoms with Gasteiger partial charge in [-0.05, 0) is 36.8 Å². The zero-order valence-corrected chi connectivity index (χ0v) is 28.4. The Morgan fingerprint density at radius 1 is 0.894 bits per heavy atom. The van der Waals surface area contributed by atoms with Crippen molar-refractivity contribution < 1.29 is 42.2 Å². The Labute approximate surface area is 282 Å². The lowest BCUT2D eigenvalue weighted by Gasteiger charge is -2.27. The van der Waals surface area contributed by atoms with Crippen molar-refractivity contribution in [2.75, 3.05) is 55.7 Å². The van der Waals surface area contributed by atoms with Crippen molar-refractivity contribution in [3.63, 3.8) is 0 Å². The molecule has 0 aromatic heterocycles. The number of carboxylic acids is 1. The van der Waals surface area contributed by atoms with E-state index >= 15 is 0 Å². The molecule has 0 spiro atoms. The number of aliphatic carboxylic acids is 1. The fourth-order valence-electron chi connectivity index (χ4n) is 5.48. The molecule has 1 unspecified atom stereocenters. The fourth-order valence-corrected chi connectivity index (χ4v) is 8.91. The zero-order valence-electron chi connectivity index (χ0n) is 25.9. The quantitative estimate of drug-likeness (QED) is 0.394. The Kier molecular flexibility index (Phi) is 11.6. The topological polar surface area (TPSA) is 163 Å². The minimum Gasteiger partial charge on any atom is -0.480 e. The van der Waals surface area contributed by atoms with Crippen LogP contribution in [0.25, 0.3) is 0 Å². The highest BCUT2D eigenvalue weighted by Gasteiger charge is 2.46. The lowest BCUT2D eigenvalue weighted by molar-refractivity contribution is -0.142. The molecule has 0 radical (unpaired) electrons. The zero-order chi connectivity index (χ0) is 33.6. The summed E-state index contributed by atoms with van der Waals surface area (Å²) in [5, 5.41) is 12.5. The summed E-state index contributed by atoms with van der Waals surface area (Å²) in [6, 6.07) is 9.79. The van der Waals surface area contributed by atoms with Gasteiger partial charge in [-0.25, -0.2) is 22.8 Å². The minimum absolute atomic E-state index is 0.0318. The Bertz CT molecular complexity index is 1540. The molecule has 2 aromatic carbocycles. The minimum atomic E-state index is -4.21. The number of hydrogen-bond donors (Lipinski definition) is 2. The number of aryl methyl sites for hydroxylation is 1. The van der Waals surface area contributed by atoms with Gasteiger partial charge in [0.05, 0.1) is 11.4 Å². The number of sulfonamides is 1. The molecule has 3 atom stereocenters. The Morgan fingerprint density at radius 2 is 1.47 bits per heavy atom. The van der Waals surface area contributed by atoms with Crippen molar-refractivity contribution >= 4 is 57.6 Å². The summed E-state index contributed by atoms with van der Waals surface area (Å²) in [5.41, 5.74) is 1.40. The second kappa shape index (κ2) is 15.6. The van der Waals surface area contributed by atoms with Gasteiger partial charge < -0.3 is 29.7 Å². The SMILES string of the molecule is Cc1ccc(S(=O)(=O)N2CC(OC(=O)N3CCSCC3)C[C@H]2C(=O)N[C@@H](Cc2ccc(OC(=O)N3CCSCC3)cc2)C(=O)O)cc1. The Hall–Kier alpha value is -3.47. The molecule has 3 fully saturated rings. The van der Waals surface area contributed by atoms with Gasteiger partial charge >= 0.3 is 18.2 Å². The molecule has 16 heteroatoms. The second-order valence-electron chi connectivity index (χ2n) is 11.5. The third-order valence-electron chi connectivity index (χ3n) is 8.14. The third-order valence-corrected chi connectivity index (χ3v) is 11.9. The number of thioether (sulfide) groups is 2. The monoisotopic (exact) mass is 706 g/mol. The van der Waals surface area contributed by atoms with Crippen molar-refractivity contribution in [2.24, 2.45) is 0 Å². The maximum absolute atomic E-state index is 13.7. The van der Waals surface area contributed by atoms with Crippen molar-refractivity contribution in [3.8, 4) is 5.75 Å². The summed E-state index contributed by atoms with van der Waals surface area (Å²) in [5.74, 6) is 1.40. The molecule has 0 saturated carbocycles. The highest BCUT2D eigenvalue weighted by molar-refractivity contribution is 7.99. The molecule has 3 heterocycles. The van der Waals surface area contributed by atoms with E-state index in [1.54, 1.807) is 69.7 Å². The number of benzene rings is 2. The number of hydrogen-bond acceptors (Lipinski definition) is 10. The van der Waals surface area contributed by atoms with E-state index in [4.69, 9.17) is 9.47 Å². The Balaban J connectivity index is 1.28. The number of nitrogens with zero attached hydrogens (tertiary/aromatic N) is 3. The molecule has 2 N–H and O–H groups in total. The first kappa shape index (κ1) is 34.9. The molecule has 5 rings (SSSR count). The van der Waals surface area contributed by atoms with E-state index < -0.39 is 52.3 Å². The maximum atomic E-state index is 13.7. The molecule has 3 aliphatic heterocycles. The molecule has 13 nitrogen and oxygen atoms in total. The summed E-state index contributed by atoms with van der Waals surface area (Å²) in [4.78, 5) is 54.3. The molecular formula is C31H38N4O9S3. The van der Waals surface area contributed by atoms with Crippen LogP contribution in [0.15, 0.2) is 53.4 Å². The van der Waals surface area contributed by atoms with Crippen molar-refractivity contribution in [1.82, 2.24) is 19.4 Å². The van der Waals surface area contributed by atoms with Crippen LogP contribution in [-0.4, -0.2) is 126 Å². The number of carboxylic acid groups (broad SMARTS) is 1. The Morgan fingerprint density at radius 3 is 2.04 bits per heavy atom. The van der Waals surface area contributed by atoms with Crippen LogP contribution in [0.4, 0.5) is 9.59 Å². The highest BCUT2D eigenvalue weighted by Crippen LogP contribution is 2.29. The summed E-state index contributed by atoms with van der Waals surface area (Å²) >= 11 is 3.49. The van der Waals surface area contributed by atoms with Crippen LogP contribution in [-0.2, 0) is 30.8 Å². The number of rotatable bonds is 9. The van der Waals surface area contributed by atoms with Crippen molar-refractivity contribution in [2.45, 2.75) is 42.8 Å². The van der Waals surface area contributed by atoms with Crippen LogP contribution in [0.2, 0.25) is 0 Å². The van der Waals surface area contributed by atoms with Gasteiger partial charge in [0.15, 0.2) is 0 Å². The normalized spacial score (nSPS) is 21.1. The van der Waals surface area contributed by atoms with Gasteiger partial charge in [-0.3, -0.25) is 4.79 Å². The van der Waals surface area contributed by atoms with E-state index in [0.717, 1.165) is 32.9 Å². The summed E-state index contributed by atoms with van der Waals surface area (Å²) in [6.45, 7) is 3.79. The third kappa shape index (κ3) is 8.91. The molecule has 0 aliphatic carbocycles. The molecule has 3 saturated heterocycles. The number of ether oxygens (including phenoxy) is 2. The van der Waals surface area contributed by atoms with E-state index in [1.165, 1.54) is 12.1 Å². The van der Waals surface area contributed by atoms with Crippen LogP contribution in [0.1, 0.15) is 17.5 Å². The molecule has 2 aromatic rings. The summed E-state index contributed by atoms with van der Waals surface area (Å²) in [7, 11) is -4.21. The van der Waals surface area contributed by atoms with Crippen LogP contribution >= 0.6 is 23.5 Å². The van der Waals surface area contributed by atoms with E-state index in [1.807, 2.05) is 6.92 Å². The number of amides is 3. The van der Waals surface area contributed by atoms with Crippen molar-refractivity contribution in [1.29, 1.82) is 0 Å². The average Bonchev–Trinajstić information content (AvgIpc) is 3.51. The smallest absolute Gasteiger partial charge is 0.415 e. The molecule has 254 valence electrons. The van der Waals surface area contributed by atoms with E-state index in [0.29, 0.717) is 37.5 Å². The van der Waals surface area contributed by atoms with E-state index in [-0.39, 0.29) is 24.3 Å². The number of carbonyl (C=O) groups excluding carboxylic acids is 3. The van der Waals surface area contributed by atoms with Gasteiger partial charge in [0.2, 0.25) is 15.9 Å². The molecule has 47 heavy (non-hydrogen) atoms. The maximum Gasteiger partial charge on any atom is 0.415 e. The van der Waals surface area contributed by atoms with Crippen LogP contribution < -0.4 is 10.1 Å². The number of nitrogens with one attached hydrogen (secondary N) is 1.